The van der Waals surface area contributed by atoms with E-state index in [1.165, 1.54) is 5.56 Å². The van der Waals surface area contributed by atoms with Crippen molar-refractivity contribution in [2.75, 3.05) is 13.2 Å². The van der Waals surface area contributed by atoms with Crippen LogP contribution in [0.1, 0.15) is 43.4 Å². The highest BCUT2D eigenvalue weighted by Gasteiger charge is 2.17. The third kappa shape index (κ3) is 5.80. The number of ether oxygens (including phenoxy) is 2. The molecule has 0 bridgehead atoms. The van der Waals surface area contributed by atoms with Crippen LogP contribution in [-0.4, -0.2) is 25.2 Å². The number of carbonyl (C=O) groups is 1. The molecule has 2 aromatic carbocycles. The van der Waals surface area contributed by atoms with Crippen LogP contribution in [-0.2, 0) is 4.79 Å². The summed E-state index contributed by atoms with van der Waals surface area (Å²) in [7, 11) is 0. The zero-order valence-corrected chi connectivity index (χ0v) is 16.3. The lowest BCUT2D eigenvalue weighted by atomic mass is 10.0. The van der Waals surface area contributed by atoms with Crippen LogP contribution in [0.2, 0.25) is 0 Å². The van der Waals surface area contributed by atoms with Crippen LogP contribution in [0.25, 0.3) is 0 Å². The van der Waals surface area contributed by atoms with E-state index in [1.54, 1.807) is 6.92 Å². The molecule has 0 heterocycles. The van der Waals surface area contributed by atoms with Crippen molar-refractivity contribution in [3.8, 4) is 11.5 Å². The van der Waals surface area contributed by atoms with E-state index in [0.717, 1.165) is 22.6 Å². The Labute approximate surface area is 156 Å². The van der Waals surface area contributed by atoms with Crippen LogP contribution >= 0.6 is 0 Å². The standard InChI is InChI=1S/C22H29NO3/c1-15(2)20-11-8-17(4)14-21(20)26-18(5)22(24)23-12-13-25-19-9-6-16(3)7-10-19/h6-11,14-15,18H,12-13H2,1-5H3,(H,23,24)/t18-/m1/s1. The largest absolute Gasteiger partial charge is 0.492 e. The molecule has 0 aromatic heterocycles. The van der Waals surface area contributed by atoms with E-state index in [2.05, 4.69) is 31.3 Å². The average Bonchev–Trinajstić information content (AvgIpc) is 2.59. The Morgan fingerprint density at radius 1 is 1.00 bits per heavy atom. The van der Waals surface area contributed by atoms with Gasteiger partial charge in [0.2, 0.25) is 0 Å². The molecule has 4 nitrogen and oxygen atoms in total. The summed E-state index contributed by atoms with van der Waals surface area (Å²) in [6.45, 7) is 10.9. The van der Waals surface area contributed by atoms with Crippen molar-refractivity contribution in [2.45, 2.75) is 46.6 Å². The van der Waals surface area contributed by atoms with Crippen LogP contribution in [0.15, 0.2) is 42.5 Å². The molecule has 0 radical (unpaired) electrons. The third-order valence-corrected chi connectivity index (χ3v) is 4.16. The van der Waals surface area contributed by atoms with Gasteiger partial charge in [-0.05, 0) is 56.0 Å². The molecule has 1 N–H and O–H groups in total. The highest BCUT2D eigenvalue weighted by molar-refractivity contribution is 5.80. The predicted octanol–water partition coefficient (Wildman–Crippen LogP) is 4.39. The summed E-state index contributed by atoms with van der Waals surface area (Å²) in [6.07, 6.45) is -0.561. The molecule has 0 aliphatic heterocycles. The Kier molecular flexibility index (Phi) is 7.07. The minimum atomic E-state index is -0.561. The van der Waals surface area contributed by atoms with E-state index >= 15 is 0 Å². The number of aryl methyl sites for hydroxylation is 2. The second-order valence-electron chi connectivity index (χ2n) is 6.91. The Hall–Kier alpha value is -2.49. The number of hydrogen-bond acceptors (Lipinski definition) is 3. The van der Waals surface area contributed by atoms with Crippen molar-refractivity contribution in [3.05, 3.63) is 59.2 Å². The van der Waals surface area contributed by atoms with E-state index in [1.807, 2.05) is 44.2 Å². The van der Waals surface area contributed by atoms with Crippen LogP contribution in [0.5, 0.6) is 11.5 Å². The molecule has 2 aromatic rings. The van der Waals surface area contributed by atoms with E-state index < -0.39 is 6.10 Å². The molecule has 0 aliphatic rings. The molecule has 140 valence electrons. The van der Waals surface area contributed by atoms with Crippen LogP contribution in [0.3, 0.4) is 0 Å². The van der Waals surface area contributed by atoms with Gasteiger partial charge in [0.25, 0.3) is 5.91 Å². The highest BCUT2D eigenvalue weighted by Crippen LogP contribution is 2.28. The first-order valence-corrected chi connectivity index (χ1v) is 9.11. The molecule has 1 amide bonds. The number of carbonyl (C=O) groups excluding carboxylic acids is 1. The van der Waals surface area contributed by atoms with Gasteiger partial charge < -0.3 is 14.8 Å². The third-order valence-electron chi connectivity index (χ3n) is 4.16. The first-order chi connectivity index (χ1) is 12.4. The molecule has 26 heavy (non-hydrogen) atoms. The van der Waals surface area contributed by atoms with Gasteiger partial charge in [0.15, 0.2) is 6.10 Å². The Balaban J connectivity index is 1.82. The van der Waals surface area contributed by atoms with Crippen molar-refractivity contribution in [1.29, 1.82) is 0 Å². The lowest BCUT2D eigenvalue weighted by Crippen LogP contribution is -2.38. The van der Waals surface area contributed by atoms with Crippen molar-refractivity contribution in [3.63, 3.8) is 0 Å². The van der Waals surface area contributed by atoms with E-state index in [9.17, 15) is 4.79 Å². The highest BCUT2D eigenvalue weighted by atomic mass is 16.5. The SMILES string of the molecule is Cc1ccc(OCCNC(=O)[C@@H](C)Oc2cc(C)ccc2C(C)C)cc1. The molecule has 0 unspecified atom stereocenters. The second kappa shape index (κ2) is 9.27. The normalized spacial score (nSPS) is 11.9. The maximum Gasteiger partial charge on any atom is 0.260 e. The summed E-state index contributed by atoms with van der Waals surface area (Å²) in [4.78, 5) is 12.3. The summed E-state index contributed by atoms with van der Waals surface area (Å²) in [5.41, 5.74) is 3.41. The minimum Gasteiger partial charge on any atom is -0.492 e. The van der Waals surface area contributed by atoms with Gasteiger partial charge in [-0.25, -0.2) is 0 Å². The second-order valence-corrected chi connectivity index (χ2v) is 6.91. The van der Waals surface area contributed by atoms with E-state index in [4.69, 9.17) is 9.47 Å². The number of nitrogens with one attached hydrogen (secondary N) is 1. The average molecular weight is 355 g/mol. The Morgan fingerprint density at radius 3 is 2.31 bits per heavy atom. The maximum absolute atomic E-state index is 12.3. The van der Waals surface area contributed by atoms with Crippen LogP contribution in [0, 0.1) is 13.8 Å². The molecular formula is C22H29NO3. The van der Waals surface area contributed by atoms with Gasteiger partial charge in [0.1, 0.15) is 18.1 Å². The molecule has 1 atom stereocenters. The Morgan fingerprint density at radius 2 is 1.65 bits per heavy atom. The number of amides is 1. The lowest BCUT2D eigenvalue weighted by Gasteiger charge is -2.19. The van der Waals surface area contributed by atoms with E-state index in [-0.39, 0.29) is 5.91 Å². The fraction of sp³-hybridized carbons (Fsp3) is 0.409. The Bertz CT molecular complexity index is 723. The van der Waals surface area contributed by atoms with Gasteiger partial charge in [-0.3, -0.25) is 4.79 Å². The maximum atomic E-state index is 12.3. The van der Waals surface area contributed by atoms with E-state index in [0.29, 0.717) is 19.1 Å². The summed E-state index contributed by atoms with van der Waals surface area (Å²) in [5, 5.41) is 2.86. The molecule has 0 saturated carbocycles. The summed E-state index contributed by atoms with van der Waals surface area (Å²) >= 11 is 0. The van der Waals surface area contributed by atoms with Gasteiger partial charge in [0.05, 0.1) is 6.54 Å². The summed E-state index contributed by atoms with van der Waals surface area (Å²) < 4.78 is 11.5. The van der Waals surface area contributed by atoms with Gasteiger partial charge in [-0.2, -0.15) is 0 Å². The molecular weight excluding hydrogens is 326 g/mol. The van der Waals surface area contributed by atoms with Crippen molar-refractivity contribution in [1.82, 2.24) is 5.32 Å². The predicted molar refractivity (Wildman–Crippen MR) is 105 cm³/mol. The topological polar surface area (TPSA) is 47.6 Å². The van der Waals surface area contributed by atoms with Crippen molar-refractivity contribution >= 4 is 5.91 Å². The van der Waals surface area contributed by atoms with Crippen LogP contribution in [0.4, 0.5) is 0 Å². The molecule has 2 rings (SSSR count). The first kappa shape index (κ1) is 19.8. The van der Waals surface area contributed by atoms with Gasteiger partial charge in [-0.1, -0.05) is 43.7 Å². The molecule has 4 heteroatoms. The zero-order chi connectivity index (χ0) is 19.1. The van der Waals surface area contributed by atoms with Crippen molar-refractivity contribution < 1.29 is 14.3 Å². The summed E-state index contributed by atoms with van der Waals surface area (Å²) in [6, 6.07) is 14.0. The smallest absolute Gasteiger partial charge is 0.260 e. The number of hydrogen-bond donors (Lipinski definition) is 1. The lowest BCUT2D eigenvalue weighted by molar-refractivity contribution is -0.127. The van der Waals surface area contributed by atoms with Gasteiger partial charge in [0, 0.05) is 0 Å². The quantitative estimate of drug-likeness (QED) is 0.715. The fourth-order valence-corrected chi connectivity index (χ4v) is 2.59. The number of benzene rings is 2. The van der Waals surface area contributed by atoms with Gasteiger partial charge in [-0.15, -0.1) is 0 Å². The monoisotopic (exact) mass is 355 g/mol. The fourth-order valence-electron chi connectivity index (χ4n) is 2.59. The molecule has 0 fully saturated rings. The molecule has 0 aliphatic carbocycles. The van der Waals surface area contributed by atoms with Crippen LogP contribution < -0.4 is 14.8 Å². The number of rotatable bonds is 8. The minimum absolute atomic E-state index is 0.145. The zero-order valence-electron chi connectivity index (χ0n) is 16.3. The summed E-state index contributed by atoms with van der Waals surface area (Å²) in [5.74, 6) is 1.77. The molecule has 0 spiro atoms. The first-order valence-electron chi connectivity index (χ1n) is 9.11. The van der Waals surface area contributed by atoms with Gasteiger partial charge >= 0.3 is 0 Å². The van der Waals surface area contributed by atoms with Crippen molar-refractivity contribution in [2.24, 2.45) is 0 Å². The molecule has 0 saturated heterocycles.